The number of thiophene rings is 1. The molecule has 0 aliphatic heterocycles. The number of aryl methyl sites for hydroxylation is 2. The van der Waals surface area contributed by atoms with Crippen molar-refractivity contribution in [2.24, 2.45) is 7.05 Å². The predicted octanol–water partition coefficient (Wildman–Crippen LogP) is 4.85. The van der Waals surface area contributed by atoms with E-state index in [2.05, 4.69) is 15.5 Å². The van der Waals surface area contributed by atoms with Crippen molar-refractivity contribution in [3.63, 3.8) is 0 Å². The number of hydrogen-bond donors (Lipinski definition) is 1. The average Bonchev–Trinajstić information content (AvgIpc) is 3.32. The Morgan fingerprint density at radius 2 is 2.00 bits per heavy atom. The van der Waals surface area contributed by atoms with Crippen molar-refractivity contribution < 1.29 is 19.1 Å². The first kappa shape index (κ1) is 24.8. The molecule has 1 aromatic carbocycles. The summed E-state index contributed by atoms with van der Waals surface area (Å²) >= 11 is 2.61. The molecule has 0 aliphatic carbocycles. The van der Waals surface area contributed by atoms with Crippen molar-refractivity contribution in [2.75, 3.05) is 17.7 Å². The van der Waals surface area contributed by atoms with Crippen LogP contribution in [0.3, 0.4) is 0 Å². The van der Waals surface area contributed by atoms with Crippen LogP contribution in [-0.4, -0.2) is 39.0 Å². The fraction of sp³-hybridized carbons (Fsp3) is 0.391. The fourth-order valence-corrected chi connectivity index (χ4v) is 4.80. The molecule has 33 heavy (non-hydrogen) atoms. The Kier molecular flexibility index (Phi) is 8.15. The van der Waals surface area contributed by atoms with Gasteiger partial charge in [-0.25, -0.2) is 4.79 Å². The molecule has 1 atom stereocenters. The first-order valence-corrected chi connectivity index (χ1v) is 12.3. The Morgan fingerprint density at radius 3 is 2.73 bits per heavy atom. The number of nitrogens with one attached hydrogen (secondary N) is 1. The molecule has 0 saturated carbocycles. The molecular formula is C23H28N4O4S2. The van der Waals surface area contributed by atoms with Crippen LogP contribution in [0.2, 0.25) is 0 Å². The van der Waals surface area contributed by atoms with Gasteiger partial charge in [0.05, 0.1) is 17.9 Å². The lowest BCUT2D eigenvalue weighted by Gasteiger charge is -2.16. The van der Waals surface area contributed by atoms with Gasteiger partial charge in [0.1, 0.15) is 10.8 Å². The number of anilines is 1. The number of carbonyl (C=O) groups excluding carboxylic acids is 2. The number of nitrogens with zero attached hydrogens (tertiary/aromatic N) is 3. The number of carbonyl (C=O) groups is 2. The van der Waals surface area contributed by atoms with Crippen molar-refractivity contribution in [2.45, 2.75) is 45.9 Å². The first-order valence-electron chi connectivity index (χ1n) is 10.5. The summed E-state index contributed by atoms with van der Waals surface area (Å²) < 4.78 is 13.0. The third-order valence-corrected chi connectivity index (χ3v) is 7.01. The van der Waals surface area contributed by atoms with E-state index >= 15 is 0 Å². The minimum absolute atomic E-state index is 0.122. The van der Waals surface area contributed by atoms with Gasteiger partial charge in [0.15, 0.2) is 17.1 Å². The molecule has 0 fully saturated rings. The van der Waals surface area contributed by atoms with Crippen molar-refractivity contribution >= 4 is 40.0 Å². The maximum absolute atomic E-state index is 12.5. The Balaban J connectivity index is 1.62. The van der Waals surface area contributed by atoms with Crippen LogP contribution >= 0.6 is 23.1 Å². The molecule has 10 heteroatoms. The zero-order valence-corrected chi connectivity index (χ0v) is 21.2. The van der Waals surface area contributed by atoms with Crippen LogP contribution in [0.15, 0.2) is 29.4 Å². The van der Waals surface area contributed by atoms with Gasteiger partial charge in [-0.2, -0.15) is 0 Å². The van der Waals surface area contributed by atoms with E-state index in [-0.39, 0.29) is 24.4 Å². The SMILES string of the molecule is CCOC(=O)c1cc(C)sc1NC(=O)CSc1nnc(C(C)Oc2cccc(C)c2C)n1C. The van der Waals surface area contributed by atoms with E-state index in [1.165, 1.54) is 23.1 Å². The van der Waals surface area contributed by atoms with Gasteiger partial charge in [0.2, 0.25) is 5.91 Å². The summed E-state index contributed by atoms with van der Waals surface area (Å²) in [7, 11) is 1.85. The van der Waals surface area contributed by atoms with Crippen LogP contribution in [-0.2, 0) is 16.6 Å². The van der Waals surface area contributed by atoms with Gasteiger partial charge in [-0.15, -0.1) is 21.5 Å². The predicted molar refractivity (Wildman–Crippen MR) is 130 cm³/mol. The summed E-state index contributed by atoms with van der Waals surface area (Å²) in [5.41, 5.74) is 2.62. The minimum Gasteiger partial charge on any atom is -0.482 e. The molecule has 0 aliphatic rings. The van der Waals surface area contributed by atoms with Crippen LogP contribution in [0.5, 0.6) is 5.75 Å². The van der Waals surface area contributed by atoms with Gasteiger partial charge in [0.25, 0.3) is 0 Å². The highest BCUT2D eigenvalue weighted by molar-refractivity contribution is 7.99. The lowest BCUT2D eigenvalue weighted by Crippen LogP contribution is -2.16. The van der Waals surface area contributed by atoms with Gasteiger partial charge in [-0.1, -0.05) is 23.9 Å². The largest absolute Gasteiger partial charge is 0.482 e. The summed E-state index contributed by atoms with van der Waals surface area (Å²) in [5, 5.41) is 12.4. The third-order valence-electron chi connectivity index (χ3n) is 5.03. The highest BCUT2D eigenvalue weighted by Gasteiger charge is 2.21. The molecular weight excluding hydrogens is 460 g/mol. The van der Waals surface area contributed by atoms with Crippen molar-refractivity contribution in [3.05, 3.63) is 51.7 Å². The van der Waals surface area contributed by atoms with Crippen LogP contribution in [0, 0.1) is 20.8 Å². The second-order valence-electron chi connectivity index (χ2n) is 7.52. The molecule has 3 aromatic rings. The molecule has 1 amide bonds. The quantitative estimate of drug-likeness (QED) is 0.340. The zero-order valence-electron chi connectivity index (χ0n) is 19.6. The fourth-order valence-electron chi connectivity index (χ4n) is 3.16. The third kappa shape index (κ3) is 5.94. The summed E-state index contributed by atoms with van der Waals surface area (Å²) in [6.07, 6.45) is -0.313. The summed E-state index contributed by atoms with van der Waals surface area (Å²) in [4.78, 5) is 25.6. The number of rotatable bonds is 9. The van der Waals surface area contributed by atoms with Crippen LogP contribution < -0.4 is 10.1 Å². The molecule has 0 bridgehead atoms. The molecule has 176 valence electrons. The number of ether oxygens (including phenoxy) is 2. The summed E-state index contributed by atoms with van der Waals surface area (Å²) in [6, 6.07) is 7.66. The maximum atomic E-state index is 12.5. The van der Waals surface area contributed by atoms with Crippen molar-refractivity contribution in [1.82, 2.24) is 14.8 Å². The van der Waals surface area contributed by atoms with Gasteiger partial charge >= 0.3 is 5.97 Å². The Morgan fingerprint density at radius 1 is 1.24 bits per heavy atom. The molecule has 2 aromatic heterocycles. The molecule has 1 N–H and O–H groups in total. The summed E-state index contributed by atoms with van der Waals surface area (Å²) in [6.45, 7) is 9.88. The topological polar surface area (TPSA) is 95.3 Å². The second-order valence-corrected chi connectivity index (χ2v) is 9.71. The van der Waals surface area contributed by atoms with E-state index in [4.69, 9.17) is 9.47 Å². The number of amides is 1. The number of benzene rings is 1. The Bertz CT molecular complexity index is 1160. The summed E-state index contributed by atoms with van der Waals surface area (Å²) in [5.74, 6) is 0.912. The van der Waals surface area contributed by atoms with E-state index in [1.54, 1.807) is 13.0 Å². The van der Waals surface area contributed by atoms with Gasteiger partial charge in [-0.3, -0.25) is 4.79 Å². The molecule has 1 unspecified atom stereocenters. The lowest BCUT2D eigenvalue weighted by molar-refractivity contribution is -0.113. The highest BCUT2D eigenvalue weighted by Crippen LogP contribution is 2.30. The molecule has 3 rings (SSSR count). The Hall–Kier alpha value is -2.85. The minimum atomic E-state index is -0.444. The van der Waals surface area contributed by atoms with Crippen molar-refractivity contribution in [3.8, 4) is 5.75 Å². The normalized spacial score (nSPS) is 11.8. The number of esters is 1. The number of thioether (sulfide) groups is 1. The number of hydrogen-bond acceptors (Lipinski definition) is 8. The average molecular weight is 489 g/mol. The monoisotopic (exact) mass is 488 g/mol. The molecule has 0 radical (unpaired) electrons. The second kappa shape index (κ2) is 10.8. The smallest absolute Gasteiger partial charge is 0.341 e. The van der Waals surface area contributed by atoms with E-state index in [1.807, 2.05) is 57.5 Å². The van der Waals surface area contributed by atoms with Gasteiger partial charge in [0, 0.05) is 11.9 Å². The molecule has 0 spiro atoms. The lowest BCUT2D eigenvalue weighted by atomic mass is 10.1. The van der Waals surface area contributed by atoms with E-state index < -0.39 is 5.97 Å². The van der Waals surface area contributed by atoms with Crippen LogP contribution in [0.4, 0.5) is 5.00 Å². The maximum Gasteiger partial charge on any atom is 0.341 e. The molecule has 2 heterocycles. The first-order chi connectivity index (χ1) is 15.7. The van der Waals surface area contributed by atoms with Gasteiger partial charge in [-0.05, 0) is 57.9 Å². The van der Waals surface area contributed by atoms with E-state index in [0.717, 1.165) is 21.8 Å². The zero-order chi connectivity index (χ0) is 24.1. The standard InChI is InChI=1S/C23H28N4O4S2/c1-7-30-22(29)17-11-14(3)33-21(17)24-19(28)12-32-23-26-25-20(27(23)6)16(5)31-18-10-8-9-13(2)15(18)4/h8-11,16H,7,12H2,1-6H3,(H,24,28). The van der Waals surface area contributed by atoms with E-state index in [9.17, 15) is 9.59 Å². The number of aromatic nitrogens is 3. The van der Waals surface area contributed by atoms with Gasteiger partial charge < -0.3 is 19.4 Å². The van der Waals surface area contributed by atoms with Crippen LogP contribution in [0.25, 0.3) is 0 Å². The Labute approximate surface area is 201 Å². The molecule has 8 nitrogen and oxygen atoms in total. The van der Waals surface area contributed by atoms with Crippen LogP contribution in [0.1, 0.15) is 52.1 Å². The van der Waals surface area contributed by atoms with Crippen molar-refractivity contribution in [1.29, 1.82) is 0 Å². The highest BCUT2D eigenvalue weighted by atomic mass is 32.2. The van der Waals surface area contributed by atoms with E-state index in [0.29, 0.717) is 21.5 Å². The molecule has 0 saturated heterocycles.